The van der Waals surface area contributed by atoms with Crippen molar-refractivity contribution in [2.75, 3.05) is 19.7 Å². The molecule has 0 aromatic carbocycles. The van der Waals surface area contributed by atoms with Crippen molar-refractivity contribution in [3.8, 4) is 0 Å². The molecule has 0 aliphatic carbocycles. The summed E-state index contributed by atoms with van der Waals surface area (Å²) in [6, 6.07) is 0. The number of rotatable bonds is 32. The maximum absolute atomic E-state index is 12.1. The van der Waals surface area contributed by atoms with Gasteiger partial charge >= 0.3 is 36.2 Å². The molecule has 0 aromatic rings. The predicted molar refractivity (Wildman–Crippen MR) is 273 cm³/mol. The second-order valence-corrected chi connectivity index (χ2v) is 19.7. The Kier molecular flexibility index (Phi) is 65.0. The molecule has 0 aliphatic rings. The first-order valence-electron chi connectivity index (χ1n) is 25.6. The minimum atomic E-state index is -1.62. The predicted octanol–water partition coefficient (Wildman–Crippen LogP) is 11.1. The molecular weight excluding hydrogens is 905 g/mol. The number of hydrogen-bond acceptors (Lipinski definition) is 11. The highest BCUT2D eigenvalue weighted by atomic mass is 16.5. The molecule has 17 nitrogen and oxygen atoms in total. The van der Waals surface area contributed by atoms with E-state index in [2.05, 4.69) is 86.8 Å². The maximum Gasteiger partial charge on any atom is 0.373 e. The van der Waals surface area contributed by atoms with Gasteiger partial charge in [-0.05, 0) is 81.5 Å². The van der Waals surface area contributed by atoms with E-state index in [1.807, 2.05) is 13.8 Å². The standard InChI is InChI=1S/C16H32N2O2.C11H20O5.C9H18O2.C8H16O2.C7H16.2CO2/c1-5-10-17-15(19)12-14(9-7-8-13(3)4)16(20)18-11-6-2;1-8(2)5-4-6-16-11(3,10(14)15)7-9(12)13;1-7(2)5-4-6-8(3)9(10)11;1-7(2)5-3-4-6-8(9)10;1-4-5-6-7(2)3;2*2-1-3/h13-14H,5-12H2,1-4H3,(H,17,19)(H,18,20);8H,4-7H2,1-3H3,(H,12,13)(H,14,15);7-8H,4-6H2,1-3H3,(H,10,11);7H,3-6H2,1-2H3,(H,9,10);7H,4-6H2,1-3H3;;. The molecule has 6 N–H and O–H groups in total. The molecule has 0 aromatic heterocycles. The first-order valence-corrected chi connectivity index (χ1v) is 25.6. The van der Waals surface area contributed by atoms with Crippen LogP contribution in [0.25, 0.3) is 0 Å². The number of carboxylic acids is 4. The third-order valence-corrected chi connectivity index (χ3v) is 9.94. The van der Waals surface area contributed by atoms with E-state index in [0.29, 0.717) is 49.6 Å². The zero-order valence-electron chi connectivity index (χ0n) is 46.4. The van der Waals surface area contributed by atoms with Gasteiger partial charge in [-0.1, -0.05) is 155 Å². The number of aliphatic carboxylic acids is 4. The van der Waals surface area contributed by atoms with Crippen molar-refractivity contribution in [3.05, 3.63) is 0 Å². The normalized spacial score (nSPS) is 11.7. The third kappa shape index (κ3) is 75.1. The molecule has 0 rings (SSSR count). The number of carbonyl (C=O) groups is 6. The van der Waals surface area contributed by atoms with Crippen molar-refractivity contribution in [1.82, 2.24) is 10.6 Å². The lowest BCUT2D eigenvalue weighted by molar-refractivity contribution is -0.193. The molecule has 0 fully saturated rings. The highest BCUT2D eigenvalue weighted by Crippen LogP contribution is 2.18. The van der Waals surface area contributed by atoms with Crippen LogP contribution >= 0.6 is 0 Å². The molecule has 17 heteroatoms. The van der Waals surface area contributed by atoms with Crippen LogP contribution in [-0.2, 0) is 52.7 Å². The van der Waals surface area contributed by atoms with Crippen LogP contribution in [0.2, 0.25) is 0 Å². The zero-order chi connectivity index (χ0) is 56.1. The Hall–Kier alpha value is -4.46. The van der Waals surface area contributed by atoms with Crippen molar-refractivity contribution >= 4 is 48.0 Å². The summed E-state index contributed by atoms with van der Waals surface area (Å²) in [6.07, 6.45) is 17.2. The van der Waals surface area contributed by atoms with Crippen LogP contribution in [0.3, 0.4) is 0 Å². The minimum absolute atomic E-state index is 0.00644. The van der Waals surface area contributed by atoms with Gasteiger partial charge in [0, 0.05) is 38.5 Å². The van der Waals surface area contributed by atoms with Gasteiger partial charge in [0.1, 0.15) is 0 Å². The molecule has 414 valence electrons. The number of ether oxygens (including phenoxy) is 1. The van der Waals surface area contributed by atoms with Crippen molar-refractivity contribution in [1.29, 1.82) is 0 Å². The number of unbranched alkanes of at least 4 members (excludes halogenated alkanes) is 2. The van der Waals surface area contributed by atoms with Crippen molar-refractivity contribution in [2.24, 2.45) is 41.4 Å². The van der Waals surface area contributed by atoms with Crippen LogP contribution in [-0.4, -0.2) is 93.7 Å². The van der Waals surface area contributed by atoms with E-state index in [9.17, 15) is 28.8 Å². The van der Waals surface area contributed by atoms with Crippen LogP contribution in [0.15, 0.2) is 0 Å². The van der Waals surface area contributed by atoms with Gasteiger partial charge in [-0.15, -0.1) is 0 Å². The van der Waals surface area contributed by atoms with Gasteiger partial charge in [-0.25, -0.2) is 4.79 Å². The Labute approximate surface area is 423 Å². The Balaban J connectivity index is -0.000000143. The van der Waals surface area contributed by atoms with Crippen LogP contribution in [0, 0.1) is 41.4 Å². The molecular formula is C53H102N2O15. The van der Waals surface area contributed by atoms with Gasteiger partial charge in [0.2, 0.25) is 11.8 Å². The fraction of sp³-hybridized carbons (Fsp3) is 0.849. The van der Waals surface area contributed by atoms with Crippen LogP contribution in [0.5, 0.6) is 0 Å². The number of amides is 2. The minimum Gasteiger partial charge on any atom is -0.481 e. The van der Waals surface area contributed by atoms with Crippen molar-refractivity contribution < 1.29 is 73.1 Å². The summed E-state index contributed by atoms with van der Waals surface area (Å²) in [5.74, 6) is -0.626. The first-order chi connectivity index (χ1) is 32.5. The Morgan fingerprint density at radius 1 is 0.514 bits per heavy atom. The second kappa shape index (κ2) is 57.1. The van der Waals surface area contributed by atoms with E-state index in [1.54, 1.807) is 6.92 Å². The Morgan fingerprint density at radius 2 is 0.914 bits per heavy atom. The summed E-state index contributed by atoms with van der Waals surface area (Å²) in [5, 5.41) is 40.1. The van der Waals surface area contributed by atoms with Gasteiger partial charge in [0.15, 0.2) is 5.60 Å². The zero-order valence-corrected chi connectivity index (χ0v) is 46.4. The average Bonchev–Trinajstić information content (AvgIpc) is 3.24. The lowest BCUT2D eigenvalue weighted by Crippen LogP contribution is -2.40. The molecule has 0 bridgehead atoms. The molecule has 2 amide bonds. The highest BCUT2D eigenvalue weighted by molar-refractivity contribution is 5.85. The lowest BCUT2D eigenvalue weighted by atomic mass is 9.94. The third-order valence-electron chi connectivity index (χ3n) is 9.94. The molecule has 3 unspecified atom stereocenters. The summed E-state index contributed by atoms with van der Waals surface area (Å²) in [5.41, 5.74) is -1.62. The molecule has 0 saturated carbocycles. The summed E-state index contributed by atoms with van der Waals surface area (Å²) >= 11 is 0. The van der Waals surface area contributed by atoms with Crippen molar-refractivity contribution in [3.63, 3.8) is 0 Å². The van der Waals surface area contributed by atoms with Crippen molar-refractivity contribution in [2.45, 2.75) is 231 Å². The molecule has 0 spiro atoms. The first kappa shape index (κ1) is 79.7. The Morgan fingerprint density at radius 3 is 1.27 bits per heavy atom. The fourth-order valence-corrected chi connectivity index (χ4v) is 5.71. The summed E-state index contributed by atoms with van der Waals surface area (Å²) < 4.78 is 5.17. The summed E-state index contributed by atoms with van der Waals surface area (Å²) in [4.78, 5) is 98.2. The van der Waals surface area contributed by atoms with E-state index >= 15 is 0 Å². The van der Waals surface area contributed by atoms with Crippen LogP contribution in [0.1, 0.15) is 226 Å². The molecule has 70 heavy (non-hydrogen) atoms. The number of carboxylic acid groups (broad SMARTS) is 4. The lowest BCUT2D eigenvalue weighted by Gasteiger charge is -2.23. The van der Waals surface area contributed by atoms with Gasteiger partial charge in [-0.3, -0.25) is 24.0 Å². The average molecular weight is 1010 g/mol. The van der Waals surface area contributed by atoms with E-state index in [0.717, 1.165) is 89.4 Å². The number of nitrogens with one attached hydrogen (secondary N) is 2. The molecule has 0 saturated heterocycles. The summed E-state index contributed by atoms with van der Waals surface area (Å²) in [7, 11) is 0. The van der Waals surface area contributed by atoms with Gasteiger partial charge in [0.05, 0.1) is 12.3 Å². The Bertz CT molecular complexity index is 1330. The molecule has 3 atom stereocenters. The van der Waals surface area contributed by atoms with Gasteiger partial charge < -0.3 is 35.8 Å². The largest absolute Gasteiger partial charge is 0.481 e. The quantitative estimate of drug-likeness (QED) is 0.0342. The number of carbonyl (C=O) groups excluding carboxylic acids is 6. The molecule has 0 aliphatic heterocycles. The van der Waals surface area contributed by atoms with E-state index in [1.165, 1.54) is 26.2 Å². The van der Waals surface area contributed by atoms with E-state index in [-0.39, 0.29) is 42.6 Å². The molecule has 0 heterocycles. The number of hydrogen-bond donors (Lipinski definition) is 6. The van der Waals surface area contributed by atoms with Gasteiger partial charge in [-0.2, -0.15) is 19.2 Å². The topological polar surface area (TPSA) is 285 Å². The summed E-state index contributed by atoms with van der Waals surface area (Å²) in [6.45, 7) is 32.7. The monoisotopic (exact) mass is 1010 g/mol. The van der Waals surface area contributed by atoms with Gasteiger partial charge in [0.25, 0.3) is 0 Å². The highest BCUT2D eigenvalue weighted by Gasteiger charge is 2.36. The van der Waals surface area contributed by atoms with Crippen LogP contribution < -0.4 is 10.6 Å². The smallest absolute Gasteiger partial charge is 0.373 e. The van der Waals surface area contributed by atoms with E-state index in [4.69, 9.17) is 44.3 Å². The van der Waals surface area contributed by atoms with Crippen LogP contribution in [0.4, 0.5) is 0 Å². The molecule has 0 radical (unpaired) electrons. The van der Waals surface area contributed by atoms with E-state index < -0.39 is 35.9 Å². The SMILES string of the molecule is CC(C)CCCC(C)C(=O)O.CC(C)CCCCC(=O)O.CC(C)CCCOC(C)(CC(=O)O)C(=O)O.CCCCC(C)C.CCCNC(=O)CC(CCCC(C)C)C(=O)NCCC.O=C=O.O=C=O. The fourth-order valence-electron chi connectivity index (χ4n) is 5.71. The maximum atomic E-state index is 12.1. The second-order valence-electron chi connectivity index (χ2n) is 19.7.